The molecule has 0 unspecified atom stereocenters. The fourth-order valence-corrected chi connectivity index (χ4v) is 5.72. The molecule has 0 saturated carbocycles. The van der Waals surface area contributed by atoms with E-state index in [1.165, 1.54) is 25.3 Å². The Balaban J connectivity index is 1.41. The number of nitrogens with one attached hydrogen (secondary N) is 1. The summed E-state index contributed by atoms with van der Waals surface area (Å²) in [6.45, 7) is 9.30. The number of likely N-dealkylation sites (tertiary alicyclic amines) is 2. The van der Waals surface area contributed by atoms with Crippen molar-refractivity contribution < 1.29 is 27.8 Å². The van der Waals surface area contributed by atoms with Crippen LogP contribution in [-0.4, -0.2) is 72.8 Å². The Morgan fingerprint density at radius 2 is 1.64 bits per heavy atom. The molecule has 2 heterocycles. The van der Waals surface area contributed by atoms with Gasteiger partial charge in [0.2, 0.25) is 5.91 Å². The van der Waals surface area contributed by atoms with E-state index in [0.29, 0.717) is 48.9 Å². The summed E-state index contributed by atoms with van der Waals surface area (Å²) in [7, 11) is 0. The molecule has 2 saturated heterocycles. The molecule has 2 aromatic rings. The Kier molecular flexibility index (Phi) is 11.1. The van der Waals surface area contributed by atoms with Crippen LogP contribution in [0.25, 0.3) is 0 Å². The number of rotatable bonds is 9. The molecule has 0 aliphatic carbocycles. The minimum absolute atomic E-state index is 0.0948. The first-order chi connectivity index (χ1) is 20.0. The highest BCUT2D eigenvalue weighted by atomic mass is 35.5. The summed E-state index contributed by atoms with van der Waals surface area (Å²) in [5.41, 5.74) is 0.759. The molecule has 1 N–H and O–H groups in total. The normalized spacial score (nSPS) is 17.5. The third kappa shape index (κ3) is 9.30. The number of carbonyl (C=O) groups excluding carboxylic acids is 2. The van der Waals surface area contributed by atoms with E-state index in [9.17, 15) is 18.4 Å². The summed E-state index contributed by atoms with van der Waals surface area (Å²) >= 11 is 6.03. The van der Waals surface area contributed by atoms with Gasteiger partial charge in [-0.3, -0.25) is 9.69 Å². The molecule has 2 amide bonds. The number of nitrogens with zero attached hydrogens (tertiary/aromatic N) is 2. The van der Waals surface area contributed by atoms with Crippen LogP contribution in [0.15, 0.2) is 36.4 Å². The van der Waals surface area contributed by atoms with Gasteiger partial charge in [0.25, 0.3) is 0 Å². The van der Waals surface area contributed by atoms with E-state index in [2.05, 4.69) is 10.2 Å². The molecule has 2 aromatic carbocycles. The van der Waals surface area contributed by atoms with Crippen molar-refractivity contribution in [2.75, 3.05) is 39.3 Å². The van der Waals surface area contributed by atoms with E-state index in [1.807, 2.05) is 12.1 Å². The van der Waals surface area contributed by atoms with Crippen LogP contribution in [0.2, 0.25) is 5.02 Å². The average Bonchev–Trinajstić information content (AvgIpc) is 2.95. The van der Waals surface area contributed by atoms with Crippen LogP contribution in [0.1, 0.15) is 69.9 Å². The molecule has 2 fully saturated rings. The molecular weight excluding hydrogens is 564 g/mol. The smallest absolute Gasteiger partial charge is 0.408 e. The minimum Gasteiger partial charge on any atom is -0.492 e. The second-order valence-corrected chi connectivity index (χ2v) is 12.6. The lowest BCUT2D eigenvalue weighted by Crippen LogP contribution is -2.52. The van der Waals surface area contributed by atoms with Crippen LogP contribution in [0, 0.1) is 11.6 Å². The van der Waals surface area contributed by atoms with Gasteiger partial charge >= 0.3 is 6.09 Å². The van der Waals surface area contributed by atoms with Gasteiger partial charge in [-0.25, -0.2) is 13.6 Å². The van der Waals surface area contributed by atoms with Gasteiger partial charge in [0.15, 0.2) is 11.6 Å². The maximum Gasteiger partial charge on any atom is 0.408 e. The van der Waals surface area contributed by atoms with Gasteiger partial charge in [-0.15, -0.1) is 0 Å². The first-order valence-electron chi connectivity index (χ1n) is 14.9. The van der Waals surface area contributed by atoms with Gasteiger partial charge in [0.05, 0.1) is 0 Å². The summed E-state index contributed by atoms with van der Waals surface area (Å²) in [5.74, 6) is -1.79. The van der Waals surface area contributed by atoms with Crippen molar-refractivity contribution in [3.8, 4) is 5.75 Å². The van der Waals surface area contributed by atoms with Gasteiger partial charge in [-0.05, 0) is 89.2 Å². The molecule has 0 bridgehead atoms. The van der Waals surface area contributed by atoms with Crippen LogP contribution in [0.5, 0.6) is 5.75 Å². The van der Waals surface area contributed by atoms with E-state index in [4.69, 9.17) is 21.1 Å². The molecule has 7 nitrogen and oxygen atoms in total. The van der Waals surface area contributed by atoms with Crippen molar-refractivity contribution in [3.05, 3.63) is 64.2 Å². The number of amides is 2. The molecular formula is C32H42ClF2N3O4. The Morgan fingerprint density at radius 3 is 2.29 bits per heavy atom. The number of alkyl carbamates (subject to hydrolysis) is 1. The summed E-state index contributed by atoms with van der Waals surface area (Å²) in [5, 5.41) is 3.33. The maximum absolute atomic E-state index is 14.3. The van der Waals surface area contributed by atoms with Gasteiger partial charge < -0.3 is 19.7 Å². The van der Waals surface area contributed by atoms with Crippen molar-refractivity contribution in [3.63, 3.8) is 0 Å². The van der Waals surface area contributed by atoms with E-state index in [0.717, 1.165) is 31.3 Å². The zero-order valence-electron chi connectivity index (χ0n) is 24.8. The van der Waals surface area contributed by atoms with Crippen LogP contribution in [-0.2, 0) is 16.0 Å². The van der Waals surface area contributed by atoms with E-state index >= 15 is 0 Å². The molecule has 0 radical (unpaired) electrons. The summed E-state index contributed by atoms with van der Waals surface area (Å²) in [6.07, 6.45) is 4.29. The SMILES string of the molecule is CC(C)(C)OC(=O)N[C@H](Cc1ccc(Cl)cc1)C(=O)N1CCC(c2cc(F)c(F)cc2OCCN2CCCCC2)CC1. The maximum atomic E-state index is 14.3. The van der Waals surface area contributed by atoms with Crippen molar-refractivity contribution in [1.82, 2.24) is 15.1 Å². The standard InChI is InChI=1S/C32H42ClF2N3O4/c1-32(2,3)42-31(40)36-28(19-22-7-9-24(33)10-8-22)30(39)38-15-11-23(12-16-38)25-20-26(34)27(35)21-29(25)41-18-17-37-13-5-4-6-14-37/h7-10,20-21,23,28H,4-6,11-19H2,1-3H3,(H,36,40)/t28-/m1/s1. The second kappa shape index (κ2) is 14.5. The van der Waals surface area contributed by atoms with Crippen LogP contribution in [0.3, 0.4) is 0 Å². The third-order valence-corrected chi connectivity index (χ3v) is 8.01. The number of ether oxygens (including phenoxy) is 2. The van der Waals surface area contributed by atoms with Crippen molar-refractivity contribution >= 4 is 23.6 Å². The highest BCUT2D eigenvalue weighted by molar-refractivity contribution is 6.30. The monoisotopic (exact) mass is 605 g/mol. The molecule has 42 heavy (non-hydrogen) atoms. The van der Waals surface area contributed by atoms with E-state index < -0.39 is 29.4 Å². The molecule has 4 rings (SSSR count). The molecule has 0 spiro atoms. The highest BCUT2D eigenvalue weighted by Crippen LogP contribution is 2.36. The number of carbonyl (C=O) groups is 2. The van der Waals surface area contributed by atoms with Gasteiger partial charge in [-0.2, -0.15) is 0 Å². The highest BCUT2D eigenvalue weighted by Gasteiger charge is 2.32. The number of benzene rings is 2. The lowest BCUT2D eigenvalue weighted by atomic mass is 9.88. The molecule has 230 valence electrons. The fraction of sp³-hybridized carbons (Fsp3) is 0.562. The Labute approximate surface area is 252 Å². The lowest BCUT2D eigenvalue weighted by molar-refractivity contribution is -0.134. The first-order valence-corrected chi connectivity index (χ1v) is 15.2. The minimum atomic E-state index is -0.933. The fourth-order valence-electron chi connectivity index (χ4n) is 5.59. The van der Waals surface area contributed by atoms with E-state index in [1.54, 1.807) is 37.8 Å². The molecule has 1 atom stereocenters. The number of halogens is 3. The largest absolute Gasteiger partial charge is 0.492 e. The molecule has 2 aliphatic heterocycles. The van der Waals surface area contributed by atoms with Crippen molar-refractivity contribution in [2.24, 2.45) is 0 Å². The molecule has 2 aliphatic rings. The third-order valence-electron chi connectivity index (χ3n) is 7.76. The Morgan fingerprint density at radius 1 is 1.00 bits per heavy atom. The van der Waals surface area contributed by atoms with Crippen LogP contribution < -0.4 is 10.1 Å². The van der Waals surface area contributed by atoms with E-state index in [-0.39, 0.29) is 18.2 Å². The first kappa shape index (κ1) is 32.0. The zero-order valence-corrected chi connectivity index (χ0v) is 25.5. The topological polar surface area (TPSA) is 71.1 Å². The zero-order chi connectivity index (χ0) is 30.3. The predicted octanol–water partition coefficient (Wildman–Crippen LogP) is 6.32. The molecule has 0 aromatic heterocycles. The van der Waals surface area contributed by atoms with Crippen molar-refractivity contribution in [1.29, 1.82) is 0 Å². The van der Waals surface area contributed by atoms with Crippen LogP contribution >= 0.6 is 11.6 Å². The predicted molar refractivity (Wildman–Crippen MR) is 159 cm³/mol. The summed E-state index contributed by atoms with van der Waals surface area (Å²) in [4.78, 5) is 30.3. The summed E-state index contributed by atoms with van der Waals surface area (Å²) in [6, 6.07) is 8.67. The average molecular weight is 606 g/mol. The molecule has 10 heteroatoms. The van der Waals surface area contributed by atoms with Crippen LogP contribution in [0.4, 0.5) is 13.6 Å². The quantitative estimate of drug-likeness (QED) is 0.362. The number of piperidine rings is 2. The van der Waals surface area contributed by atoms with Gasteiger partial charge in [-0.1, -0.05) is 30.2 Å². The Hall–Kier alpha value is -2.91. The Bertz CT molecular complexity index is 1210. The number of hydrogen-bond donors (Lipinski definition) is 1. The van der Waals surface area contributed by atoms with Gasteiger partial charge in [0, 0.05) is 42.7 Å². The van der Waals surface area contributed by atoms with Crippen molar-refractivity contribution in [2.45, 2.75) is 76.9 Å². The lowest BCUT2D eigenvalue weighted by Gasteiger charge is -2.35. The van der Waals surface area contributed by atoms with Gasteiger partial charge in [0.1, 0.15) is 24.0 Å². The number of hydrogen-bond acceptors (Lipinski definition) is 5. The summed E-state index contributed by atoms with van der Waals surface area (Å²) < 4.78 is 40.0. The second-order valence-electron chi connectivity index (χ2n) is 12.2.